The van der Waals surface area contributed by atoms with E-state index in [0.717, 1.165) is 0 Å². The number of ether oxygens (including phenoxy) is 1. The molecule has 1 aromatic heterocycles. The van der Waals surface area contributed by atoms with E-state index in [1.165, 1.54) is 13.8 Å². The van der Waals surface area contributed by atoms with E-state index in [1.807, 2.05) is 0 Å². The maximum Gasteiger partial charge on any atom is 0.763 e. The Bertz CT molecular complexity index is 820. The van der Waals surface area contributed by atoms with Crippen molar-refractivity contribution in [2.75, 3.05) is 0 Å². The van der Waals surface area contributed by atoms with Gasteiger partial charge in [-0.1, -0.05) is 0 Å². The van der Waals surface area contributed by atoms with Gasteiger partial charge in [-0.25, -0.2) is 0 Å². The van der Waals surface area contributed by atoms with Crippen LogP contribution in [0.25, 0.3) is 0 Å². The summed E-state index contributed by atoms with van der Waals surface area (Å²) in [6, 6.07) is -1.35. The van der Waals surface area contributed by atoms with Crippen LogP contribution in [0.5, 0.6) is 6.01 Å². The summed E-state index contributed by atoms with van der Waals surface area (Å²) in [5.74, 6) is -13.5. The Balaban J connectivity index is 4.20. The van der Waals surface area contributed by atoms with E-state index in [9.17, 15) is 60.7 Å². The number of hydrogen-bond acceptors (Lipinski definition) is 16. The van der Waals surface area contributed by atoms with Crippen LogP contribution < -0.4 is 4.74 Å². The fraction of sp³-hybridized carbons (Fsp3) is 0.625. The van der Waals surface area contributed by atoms with Gasteiger partial charge in [-0.3, -0.25) is 60.7 Å². The standard InChI is InChI=1S/C8H7N9O13/c1-3(2)30-6-10-4(7(12(18)19,13(20)21)14(22)23)9-5(11-6)8(15(24)25,16(26)27)17(28)29/h3H,1-2H3. The van der Waals surface area contributed by atoms with Crippen LogP contribution in [0, 0.1) is 60.7 Å². The largest absolute Gasteiger partial charge is 0.763 e. The van der Waals surface area contributed by atoms with Crippen molar-refractivity contribution in [2.24, 2.45) is 0 Å². The van der Waals surface area contributed by atoms with Gasteiger partial charge >= 0.3 is 29.2 Å². The molecule has 0 unspecified atom stereocenters. The van der Waals surface area contributed by atoms with E-state index in [1.54, 1.807) is 0 Å². The Hall–Kier alpha value is -4.79. The van der Waals surface area contributed by atoms with Gasteiger partial charge in [0.1, 0.15) is 0 Å². The molecular formula is C8H7N9O13. The number of hydrogen-bond donors (Lipinski definition) is 0. The minimum absolute atomic E-state index is 1.000. The second-order valence-electron chi connectivity index (χ2n) is 5.25. The Morgan fingerprint density at radius 2 is 0.900 bits per heavy atom. The number of rotatable bonds is 10. The lowest BCUT2D eigenvalue weighted by atomic mass is 10.3. The summed E-state index contributed by atoms with van der Waals surface area (Å²) in [6.07, 6.45) is -1.000. The molecule has 1 rings (SSSR count). The molecule has 0 radical (unpaired) electrons. The Labute approximate surface area is 160 Å². The molecule has 0 spiro atoms. The average molecular weight is 437 g/mol. The molecule has 0 aliphatic rings. The van der Waals surface area contributed by atoms with Crippen molar-refractivity contribution < 1.29 is 34.3 Å². The normalized spacial score (nSPS) is 11.6. The quantitative estimate of drug-likeness (QED) is 0.229. The summed E-state index contributed by atoms with van der Waals surface area (Å²) in [4.78, 5) is 62.9. The number of aromatic nitrogens is 3. The molecule has 0 aromatic carbocycles. The molecular weight excluding hydrogens is 430 g/mol. The second-order valence-corrected chi connectivity index (χ2v) is 5.25. The van der Waals surface area contributed by atoms with Crippen molar-refractivity contribution >= 4 is 0 Å². The lowest BCUT2D eigenvalue weighted by Gasteiger charge is -2.12. The summed E-state index contributed by atoms with van der Waals surface area (Å²) in [5.41, 5.74) is 0. The van der Waals surface area contributed by atoms with Gasteiger partial charge in [0.15, 0.2) is 29.5 Å². The van der Waals surface area contributed by atoms with Gasteiger partial charge in [0.2, 0.25) is 0 Å². The summed E-state index contributed by atoms with van der Waals surface area (Å²) in [6.45, 7) is 2.46. The third kappa shape index (κ3) is 3.27. The molecule has 0 atom stereocenters. The summed E-state index contributed by atoms with van der Waals surface area (Å²) >= 11 is 0. The van der Waals surface area contributed by atoms with Gasteiger partial charge in [-0.05, 0) is 13.8 Å². The predicted molar refractivity (Wildman–Crippen MR) is 80.9 cm³/mol. The Morgan fingerprint density at radius 3 is 1.10 bits per heavy atom. The SMILES string of the molecule is CC(C)Oc1nc(C([N+](=O)[O-])([N+](=O)[O-])[N+](=O)[O-])nc(C([N+](=O)[O-])([N+](=O)[O-])[N+](=O)[O-])n1. The van der Waals surface area contributed by atoms with Gasteiger partial charge in [0.05, 0.1) is 6.10 Å². The topological polar surface area (TPSA) is 307 Å². The summed E-state index contributed by atoms with van der Waals surface area (Å²) in [7, 11) is 0. The number of nitro groups is 6. The van der Waals surface area contributed by atoms with Crippen LogP contribution in [-0.4, -0.2) is 50.6 Å². The van der Waals surface area contributed by atoms with E-state index in [0.29, 0.717) is 0 Å². The average Bonchev–Trinajstić information content (AvgIpc) is 2.52. The molecule has 1 heterocycles. The molecule has 1 aromatic rings. The van der Waals surface area contributed by atoms with Crippen LogP contribution in [-0.2, 0) is 11.6 Å². The zero-order valence-corrected chi connectivity index (χ0v) is 14.4. The zero-order valence-electron chi connectivity index (χ0n) is 14.4. The third-order valence-corrected chi connectivity index (χ3v) is 3.08. The van der Waals surface area contributed by atoms with Crippen molar-refractivity contribution in [1.82, 2.24) is 15.0 Å². The zero-order chi connectivity index (χ0) is 23.6. The van der Waals surface area contributed by atoms with Crippen LogP contribution in [0.4, 0.5) is 0 Å². The van der Waals surface area contributed by atoms with Crippen molar-refractivity contribution in [3.8, 4) is 6.01 Å². The molecule has 0 fully saturated rings. The summed E-state index contributed by atoms with van der Waals surface area (Å²) < 4.78 is 4.77. The van der Waals surface area contributed by atoms with Crippen LogP contribution in [0.3, 0.4) is 0 Å². The highest BCUT2D eigenvalue weighted by atomic mass is 16.7. The van der Waals surface area contributed by atoms with E-state index < -0.39 is 64.9 Å². The molecule has 0 aliphatic carbocycles. The molecule has 22 heteroatoms. The lowest BCUT2D eigenvalue weighted by Crippen LogP contribution is -2.54. The second kappa shape index (κ2) is 7.68. The third-order valence-electron chi connectivity index (χ3n) is 3.08. The van der Waals surface area contributed by atoms with E-state index in [-0.39, 0.29) is 0 Å². The van der Waals surface area contributed by atoms with Crippen molar-refractivity contribution in [3.05, 3.63) is 72.3 Å². The Kier molecular flexibility index (Phi) is 5.95. The first-order valence-corrected chi connectivity index (χ1v) is 6.97. The molecule has 0 saturated carbocycles. The van der Waals surface area contributed by atoms with Crippen LogP contribution in [0.1, 0.15) is 25.5 Å². The van der Waals surface area contributed by atoms with Gasteiger partial charge in [0.25, 0.3) is 0 Å². The monoisotopic (exact) mass is 437 g/mol. The van der Waals surface area contributed by atoms with Gasteiger partial charge < -0.3 is 4.74 Å². The van der Waals surface area contributed by atoms with Crippen molar-refractivity contribution in [2.45, 2.75) is 31.5 Å². The molecule has 0 saturated heterocycles. The molecule has 30 heavy (non-hydrogen) atoms. The first kappa shape index (κ1) is 23.2. The van der Waals surface area contributed by atoms with Gasteiger partial charge in [0, 0.05) is 0 Å². The van der Waals surface area contributed by atoms with Crippen LogP contribution in [0.15, 0.2) is 0 Å². The number of nitrogens with zero attached hydrogens (tertiary/aromatic N) is 9. The molecule has 0 aliphatic heterocycles. The molecule has 22 nitrogen and oxygen atoms in total. The van der Waals surface area contributed by atoms with Crippen LogP contribution in [0.2, 0.25) is 0 Å². The first-order chi connectivity index (χ1) is 13.7. The smallest absolute Gasteiger partial charge is 0.461 e. The van der Waals surface area contributed by atoms with Crippen molar-refractivity contribution in [3.63, 3.8) is 0 Å². The predicted octanol–water partition coefficient (Wildman–Crippen LogP) is -1.46. The lowest BCUT2D eigenvalue weighted by molar-refractivity contribution is -0.989. The molecule has 162 valence electrons. The maximum absolute atomic E-state index is 11.2. The highest BCUT2D eigenvalue weighted by Gasteiger charge is 2.80. The fourth-order valence-corrected chi connectivity index (χ4v) is 1.81. The van der Waals surface area contributed by atoms with Crippen LogP contribution >= 0.6 is 0 Å². The van der Waals surface area contributed by atoms with Gasteiger partial charge in [-0.15, -0.1) is 0 Å². The van der Waals surface area contributed by atoms with E-state index in [2.05, 4.69) is 15.0 Å². The van der Waals surface area contributed by atoms with E-state index in [4.69, 9.17) is 4.74 Å². The first-order valence-electron chi connectivity index (χ1n) is 6.97. The highest BCUT2D eigenvalue weighted by molar-refractivity contribution is 5.06. The molecule has 0 amide bonds. The maximum atomic E-state index is 11.2. The van der Waals surface area contributed by atoms with Gasteiger partial charge in [-0.2, -0.15) is 15.0 Å². The minimum Gasteiger partial charge on any atom is -0.461 e. The summed E-state index contributed by atoms with van der Waals surface area (Å²) in [5, 5.41) is 67.1. The molecule has 0 bridgehead atoms. The Morgan fingerprint density at radius 1 is 0.633 bits per heavy atom. The van der Waals surface area contributed by atoms with E-state index >= 15 is 0 Å². The fourth-order valence-electron chi connectivity index (χ4n) is 1.81. The molecule has 0 N–H and O–H groups in total. The minimum atomic E-state index is -4.65. The highest BCUT2D eigenvalue weighted by Crippen LogP contribution is 2.30. The van der Waals surface area contributed by atoms with Crippen molar-refractivity contribution in [1.29, 1.82) is 0 Å².